The number of amides is 2. The molecule has 0 fully saturated rings. The molecule has 0 saturated carbocycles. The number of rotatable bonds is 6. The predicted octanol–water partition coefficient (Wildman–Crippen LogP) is 4.76. The third-order valence-corrected chi connectivity index (χ3v) is 4.74. The summed E-state index contributed by atoms with van der Waals surface area (Å²) in [4.78, 5) is 27.3. The van der Waals surface area contributed by atoms with Crippen molar-refractivity contribution in [2.75, 3.05) is 16.8 Å². The molecule has 156 valence electrons. The molecule has 4 rings (SSSR count). The SMILES string of the molecule is CCOc1ccccc1NC1=C(c2ccccc2)C(=O)N(c2ccc(F)cc2F)C1=O. The zero-order valence-electron chi connectivity index (χ0n) is 16.6. The molecule has 0 radical (unpaired) electrons. The van der Waals surface area contributed by atoms with Gasteiger partial charge in [0, 0.05) is 6.07 Å². The number of hydrogen-bond donors (Lipinski definition) is 1. The van der Waals surface area contributed by atoms with Crippen LogP contribution in [0.1, 0.15) is 12.5 Å². The fourth-order valence-electron chi connectivity index (χ4n) is 3.39. The van der Waals surface area contributed by atoms with Gasteiger partial charge >= 0.3 is 0 Å². The van der Waals surface area contributed by atoms with E-state index >= 15 is 0 Å². The van der Waals surface area contributed by atoms with Crippen molar-refractivity contribution in [1.29, 1.82) is 0 Å². The van der Waals surface area contributed by atoms with Gasteiger partial charge in [0.05, 0.1) is 23.6 Å². The van der Waals surface area contributed by atoms with E-state index in [1.54, 1.807) is 54.6 Å². The molecule has 0 saturated heterocycles. The molecule has 0 atom stereocenters. The van der Waals surface area contributed by atoms with Crippen molar-refractivity contribution >= 4 is 28.8 Å². The fraction of sp³-hybridized carbons (Fsp3) is 0.0833. The van der Waals surface area contributed by atoms with E-state index in [2.05, 4.69) is 5.32 Å². The van der Waals surface area contributed by atoms with Crippen LogP contribution in [-0.4, -0.2) is 18.4 Å². The molecule has 1 heterocycles. The zero-order valence-corrected chi connectivity index (χ0v) is 16.6. The first-order valence-electron chi connectivity index (χ1n) is 9.63. The number of nitrogens with zero attached hydrogens (tertiary/aromatic N) is 1. The minimum Gasteiger partial charge on any atom is -0.492 e. The van der Waals surface area contributed by atoms with Gasteiger partial charge in [-0.25, -0.2) is 13.7 Å². The maximum Gasteiger partial charge on any atom is 0.282 e. The number of carbonyl (C=O) groups excluding carboxylic acids is 2. The Labute approximate surface area is 177 Å². The van der Waals surface area contributed by atoms with Crippen LogP contribution in [0.15, 0.2) is 78.5 Å². The molecular formula is C24H18F2N2O3. The molecular weight excluding hydrogens is 402 g/mol. The second kappa shape index (κ2) is 8.39. The van der Waals surface area contributed by atoms with Crippen LogP contribution in [0.2, 0.25) is 0 Å². The van der Waals surface area contributed by atoms with Crippen molar-refractivity contribution in [2.45, 2.75) is 6.92 Å². The summed E-state index contributed by atoms with van der Waals surface area (Å²) in [5, 5.41) is 3.00. The van der Waals surface area contributed by atoms with Crippen LogP contribution in [-0.2, 0) is 9.59 Å². The smallest absolute Gasteiger partial charge is 0.282 e. The maximum atomic E-state index is 14.5. The normalized spacial score (nSPS) is 13.7. The van der Waals surface area contributed by atoms with Gasteiger partial charge < -0.3 is 10.1 Å². The number of imide groups is 1. The minimum atomic E-state index is -1.01. The van der Waals surface area contributed by atoms with Crippen LogP contribution in [0, 0.1) is 11.6 Å². The highest BCUT2D eigenvalue weighted by atomic mass is 19.1. The van der Waals surface area contributed by atoms with Gasteiger partial charge in [0.2, 0.25) is 0 Å². The van der Waals surface area contributed by atoms with Gasteiger partial charge in [0.25, 0.3) is 11.8 Å². The molecule has 2 amide bonds. The van der Waals surface area contributed by atoms with Gasteiger partial charge in [-0.3, -0.25) is 9.59 Å². The van der Waals surface area contributed by atoms with Gasteiger partial charge in [-0.15, -0.1) is 0 Å². The summed E-state index contributed by atoms with van der Waals surface area (Å²) in [5.74, 6) is -2.78. The van der Waals surface area contributed by atoms with Crippen LogP contribution >= 0.6 is 0 Å². The molecule has 1 aliphatic rings. The van der Waals surface area contributed by atoms with Crippen molar-refractivity contribution in [1.82, 2.24) is 0 Å². The number of anilines is 2. The summed E-state index contributed by atoms with van der Waals surface area (Å²) in [6.07, 6.45) is 0. The predicted molar refractivity (Wildman–Crippen MR) is 113 cm³/mol. The summed E-state index contributed by atoms with van der Waals surface area (Å²) in [6, 6.07) is 18.3. The van der Waals surface area contributed by atoms with Crippen molar-refractivity contribution < 1.29 is 23.1 Å². The first-order chi connectivity index (χ1) is 15.0. The Hall–Kier alpha value is -4.00. The molecule has 0 aliphatic carbocycles. The van der Waals surface area contributed by atoms with Crippen molar-refractivity contribution in [3.63, 3.8) is 0 Å². The molecule has 7 heteroatoms. The Bertz CT molecular complexity index is 1190. The highest BCUT2D eigenvalue weighted by molar-refractivity contribution is 6.46. The monoisotopic (exact) mass is 420 g/mol. The lowest BCUT2D eigenvalue weighted by Gasteiger charge is -2.16. The lowest BCUT2D eigenvalue weighted by atomic mass is 10.0. The number of halogens is 2. The highest BCUT2D eigenvalue weighted by Crippen LogP contribution is 2.36. The average molecular weight is 420 g/mol. The molecule has 5 nitrogen and oxygen atoms in total. The molecule has 0 aromatic heterocycles. The Morgan fingerprint density at radius 3 is 2.32 bits per heavy atom. The van der Waals surface area contributed by atoms with Gasteiger partial charge in [-0.1, -0.05) is 42.5 Å². The van der Waals surface area contributed by atoms with Crippen molar-refractivity contribution in [3.05, 3.63) is 95.7 Å². The largest absolute Gasteiger partial charge is 0.492 e. The first-order valence-corrected chi connectivity index (χ1v) is 9.63. The van der Waals surface area contributed by atoms with Crippen molar-refractivity contribution in [3.8, 4) is 5.75 Å². The fourth-order valence-corrected chi connectivity index (χ4v) is 3.39. The number of para-hydroxylation sites is 2. The molecule has 3 aromatic rings. The highest BCUT2D eigenvalue weighted by Gasteiger charge is 2.41. The minimum absolute atomic E-state index is 0.0212. The van der Waals surface area contributed by atoms with E-state index in [9.17, 15) is 18.4 Å². The first kappa shape index (κ1) is 20.3. The van der Waals surface area contributed by atoms with E-state index in [4.69, 9.17) is 4.74 Å². The molecule has 0 bridgehead atoms. The Balaban J connectivity index is 1.83. The van der Waals surface area contributed by atoms with Gasteiger partial charge in [0.15, 0.2) is 0 Å². The summed E-state index contributed by atoms with van der Waals surface area (Å²) < 4.78 is 33.4. The lowest BCUT2D eigenvalue weighted by molar-refractivity contribution is -0.120. The van der Waals surface area contributed by atoms with Crippen LogP contribution in [0.3, 0.4) is 0 Å². The van der Waals surface area contributed by atoms with E-state index in [0.29, 0.717) is 34.6 Å². The summed E-state index contributed by atoms with van der Waals surface area (Å²) in [5.41, 5.74) is 0.713. The van der Waals surface area contributed by atoms with Gasteiger partial charge in [0.1, 0.15) is 23.1 Å². The summed E-state index contributed by atoms with van der Waals surface area (Å²) in [7, 11) is 0. The topological polar surface area (TPSA) is 58.6 Å². The van der Waals surface area contributed by atoms with E-state index in [1.807, 2.05) is 6.92 Å². The molecule has 1 aliphatic heterocycles. The maximum absolute atomic E-state index is 14.5. The summed E-state index contributed by atoms with van der Waals surface area (Å²) in [6.45, 7) is 2.23. The van der Waals surface area contributed by atoms with E-state index in [0.717, 1.165) is 12.1 Å². The van der Waals surface area contributed by atoms with Crippen LogP contribution < -0.4 is 15.0 Å². The zero-order chi connectivity index (χ0) is 22.0. The number of ether oxygens (including phenoxy) is 1. The molecule has 0 unspecified atom stereocenters. The molecule has 0 spiro atoms. The van der Waals surface area contributed by atoms with Gasteiger partial charge in [-0.05, 0) is 36.8 Å². The third kappa shape index (κ3) is 3.77. The lowest BCUT2D eigenvalue weighted by Crippen LogP contribution is -2.33. The standard InChI is InChI=1S/C24H18F2N2O3/c1-2-31-20-11-7-6-10-18(20)27-22-21(15-8-4-3-5-9-15)23(29)28(24(22)30)19-13-12-16(25)14-17(19)26/h3-14,27H,2H2,1H3. The summed E-state index contributed by atoms with van der Waals surface area (Å²) >= 11 is 0. The molecule has 31 heavy (non-hydrogen) atoms. The third-order valence-electron chi connectivity index (χ3n) is 4.74. The second-order valence-corrected chi connectivity index (χ2v) is 6.71. The van der Waals surface area contributed by atoms with E-state index in [-0.39, 0.29) is 17.0 Å². The molecule has 3 aromatic carbocycles. The average Bonchev–Trinajstić information content (AvgIpc) is 3.00. The van der Waals surface area contributed by atoms with Crippen LogP contribution in [0.5, 0.6) is 5.75 Å². The van der Waals surface area contributed by atoms with Crippen LogP contribution in [0.25, 0.3) is 5.57 Å². The van der Waals surface area contributed by atoms with E-state index < -0.39 is 23.4 Å². The Kier molecular flexibility index (Phi) is 5.49. The number of nitrogens with one attached hydrogen (secondary N) is 1. The number of carbonyl (C=O) groups is 2. The number of benzene rings is 3. The van der Waals surface area contributed by atoms with Crippen molar-refractivity contribution in [2.24, 2.45) is 0 Å². The Morgan fingerprint density at radius 1 is 0.903 bits per heavy atom. The van der Waals surface area contributed by atoms with Crippen LogP contribution in [0.4, 0.5) is 20.2 Å². The Morgan fingerprint density at radius 2 is 1.61 bits per heavy atom. The quantitative estimate of drug-likeness (QED) is 0.584. The van der Waals surface area contributed by atoms with E-state index in [1.165, 1.54) is 0 Å². The number of hydrogen-bond acceptors (Lipinski definition) is 4. The second-order valence-electron chi connectivity index (χ2n) is 6.71. The molecule has 1 N–H and O–H groups in total. The van der Waals surface area contributed by atoms with Gasteiger partial charge in [-0.2, -0.15) is 0 Å².